The second-order valence-corrected chi connectivity index (χ2v) is 6.18. The number of aryl methyl sites for hydroxylation is 2. The number of hydrogen-bond donors (Lipinski definition) is 3. The van der Waals surface area contributed by atoms with Gasteiger partial charge in [-0.25, -0.2) is 4.98 Å². The number of nitrogens with one attached hydrogen (secondary N) is 2. The van der Waals surface area contributed by atoms with Crippen LogP contribution in [-0.4, -0.2) is 21.7 Å². The molecular weight excluding hydrogens is 326 g/mol. The number of carbonyl (C=O) groups is 1. The van der Waals surface area contributed by atoms with E-state index in [2.05, 4.69) is 9.97 Å². The van der Waals surface area contributed by atoms with Crippen LogP contribution in [0, 0.1) is 19.3 Å². The van der Waals surface area contributed by atoms with E-state index in [1.807, 2.05) is 50.2 Å². The number of amides is 1. The maximum Gasteiger partial charge on any atom is 0.261 e. The highest BCUT2D eigenvalue weighted by molar-refractivity contribution is 6.06. The van der Waals surface area contributed by atoms with Gasteiger partial charge in [-0.05, 0) is 37.6 Å². The lowest BCUT2D eigenvalue weighted by atomic mass is 10.1. The lowest BCUT2D eigenvalue weighted by molar-refractivity contribution is 0.0984. The van der Waals surface area contributed by atoms with Gasteiger partial charge in [-0.2, -0.15) is 0 Å². The molecule has 2 heterocycles. The van der Waals surface area contributed by atoms with Crippen LogP contribution < -0.4 is 10.6 Å². The zero-order chi connectivity index (χ0) is 18.7. The fourth-order valence-corrected chi connectivity index (χ4v) is 2.83. The topological polar surface area (TPSA) is 98.9 Å². The largest absolute Gasteiger partial charge is 0.384 e. The predicted octanol–water partition coefficient (Wildman–Crippen LogP) is 3.16. The van der Waals surface area contributed by atoms with Crippen LogP contribution in [0.2, 0.25) is 0 Å². The predicted molar refractivity (Wildman–Crippen MR) is 102 cm³/mol. The number of pyridine rings is 1. The van der Waals surface area contributed by atoms with Crippen LogP contribution in [0.15, 0.2) is 54.7 Å². The molecule has 1 aromatic carbocycles. The molecule has 0 aliphatic heterocycles. The fourth-order valence-electron chi connectivity index (χ4n) is 2.83. The number of rotatable bonds is 5. The molecule has 3 rings (SSSR count). The number of hydrogen-bond acceptors (Lipinski definition) is 3. The van der Waals surface area contributed by atoms with Gasteiger partial charge in [-0.15, -0.1) is 0 Å². The number of nitrogen functional groups attached to an aromatic ring is 1. The number of carbonyl (C=O) groups excluding carboxylic acids is 1. The molecule has 0 aliphatic carbocycles. The summed E-state index contributed by atoms with van der Waals surface area (Å²) < 4.78 is 0. The summed E-state index contributed by atoms with van der Waals surface area (Å²) in [6, 6.07) is 14.7. The Morgan fingerprint density at radius 2 is 1.92 bits per heavy atom. The monoisotopic (exact) mass is 347 g/mol. The highest BCUT2D eigenvalue weighted by atomic mass is 16.2. The molecule has 0 radical (unpaired) electrons. The Kier molecular flexibility index (Phi) is 4.84. The second-order valence-electron chi connectivity index (χ2n) is 6.18. The third-order valence-corrected chi connectivity index (χ3v) is 4.16. The summed E-state index contributed by atoms with van der Waals surface area (Å²) >= 11 is 0. The van der Waals surface area contributed by atoms with Gasteiger partial charge in [0.05, 0.1) is 12.1 Å². The van der Waals surface area contributed by atoms with E-state index < -0.39 is 0 Å². The Labute approximate surface area is 152 Å². The summed E-state index contributed by atoms with van der Waals surface area (Å²) in [7, 11) is 0. The third kappa shape index (κ3) is 3.64. The zero-order valence-electron chi connectivity index (χ0n) is 14.8. The molecule has 2 aromatic heterocycles. The number of aromatic amines is 1. The molecule has 0 saturated carbocycles. The van der Waals surface area contributed by atoms with Crippen molar-refractivity contribution in [2.24, 2.45) is 5.73 Å². The van der Waals surface area contributed by atoms with Crippen molar-refractivity contribution in [3.8, 4) is 0 Å². The van der Waals surface area contributed by atoms with Crippen molar-refractivity contribution in [1.82, 2.24) is 9.97 Å². The van der Waals surface area contributed by atoms with Crippen LogP contribution in [0.4, 0.5) is 5.82 Å². The number of H-pyrrole nitrogens is 1. The lowest BCUT2D eigenvalue weighted by Crippen LogP contribution is -2.31. The van der Waals surface area contributed by atoms with Crippen molar-refractivity contribution >= 4 is 17.6 Å². The summed E-state index contributed by atoms with van der Waals surface area (Å²) in [5.41, 5.74) is 9.50. The van der Waals surface area contributed by atoms with E-state index in [4.69, 9.17) is 11.1 Å². The van der Waals surface area contributed by atoms with Crippen molar-refractivity contribution in [3.05, 3.63) is 82.8 Å². The molecule has 1 amide bonds. The number of anilines is 1. The van der Waals surface area contributed by atoms with Gasteiger partial charge < -0.3 is 10.7 Å². The highest BCUT2D eigenvalue weighted by Gasteiger charge is 2.22. The van der Waals surface area contributed by atoms with E-state index in [1.54, 1.807) is 23.2 Å². The van der Waals surface area contributed by atoms with Gasteiger partial charge in [0, 0.05) is 23.1 Å². The van der Waals surface area contributed by atoms with E-state index in [0.29, 0.717) is 23.5 Å². The van der Waals surface area contributed by atoms with Crippen molar-refractivity contribution in [2.45, 2.75) is 20.4 Å². The van der Waals surface area contributed by atoms with E-state index in [0.717, 1.165) is 17.0 Å². The van der Waals surface area contributed by atoms with Gasteiger partial charge in [0.2, 0.25) is 0 Å². The first-order valence-corrected chi connectivity index (χ1v) is 8.28. The Hall–Kier alpha value is -3.41. The number of aromatic nitrogens is 2. The van der Waals surface area contributed by atoms with Crippen LogP contribution >= 0.6 is 0 Å². The average Bonchev–Trinajstić information content (AvgIpc) is 2.98. The van der Waals surface area contributed by atoms with E-state index in [-0.39, 0.29) is 11.7 Å². The zero-order valence-corrected chi connectivity index (χ0v) is 14.8. The van der Waals surface area contributed by atoms with Crippen LogP contribution in [0.3, 0.4) is 0 Å². The number of nitrogens with zero attached hydrogens (tertiary/aromatic N) is 2. The first kappa shape index (κ1) is 17.4. The minimum Gasteiger partial charge on any atom is -0.384 e. The molecule has 0 spiro atoms. The van der Waals surface area contributed by atoms with Gasteiger partial charge in [0.25, 0.3) is 5.91 Å². The van der Waals surface area contributed by atoms with Crippen molar-refractivity contribution in [1.29, 1.82) is 5.41 Å². The first-order chi connectivity index (χ1) is 12.5. The SMILES string of the molecule is Cc1cc(C(=O)N(Cc2ccc(C(=N)N)cc2)c2ccccn2)c(C)[nH]1. The molecule has 0 unspecified atom stereocenters. The molecule has 26 heavy (non-hydrogen) atoms. The number of amidine groups is 1. The van der Waals surface area contributed by atoms with Crippen LogP contribution in [0.25, 0.3) is 0 Å². The summed E-state index contributed by atoms with van der Waals surface area (Å²) in [5.74, 6) is 0.500. The lowest BCUT2D eigenvalue weighted by Gasteiger charge is -2.22. The minimum atomic E-state index is -0.110. The molecule has 0 aliphatic rings. The van der Waals surface area contributed by atoms with E-state index in [9.17, 15) is 4.79 Å². The molecule has 3 aromatic rings. The van der Waals surface area contributed by atoms with Gasteiger partial charge in [-0.3, -0.25) is 15.1 Å². The van der Waals surface area contributed by atoms with Gasteiger partial charge >= 0.3 is 0 Å². The smallest absolute Gasteiger partial charge is 0.261 e. The number of benzene rings is 1. The summed E-state index contributed by atoms with van der Waals surface area (Å²) in [6.45, 7) is 4.19. The molecule has 0 bridgehead atoms. The molecular formula is C20H21N5O. The molecule has 6 nitrogen and oxygen atoms in total. The quantitative estimate of drug-likeness (QED) is 0.488. The molecule has 0 fully saturated rings. The minimum absolute atomic E-state index is 0.0210. The molecule has 132 valence electrons. The van der Waals surface area contributed by atoms with Crippen molar-refractivity contribution in [3.63, 3.8) is 0 Å². The van der Waals surface area contributed by atoms with Gasteiger partial charge in [-0.1, -0.05) is 30.3 Å². The maximum atomic E-state index is 13.2. The summed E-state index contributed by atoms with van der Waals surface area (Å²) in [4.78, 5) is 22.3. The Morgan fingerprint density at radius 3 is 2.46 bits per heavy atom. The fraction of sp³-hybridized carbons (Fsp3) is 0.150. The normalized spacial score (nSPS) is 10.5. The van der Waals surface area contributed by atoms with Crippen LogP contribution in [-0.2, 0) is 6.54 Å². The Balaban J connectivity index is 1.95. The van der Waals surface area contributed by atoms with Crippen LogP contribution in [0.1, 0.15) is 32.9 Å². The maximum absolute atomic E-state index is 13.2. The van der Waals surface area contributed by atoms with E-state index >= 15 is 0 Å². The molecule has 0 atom stereocenters. The average molecular weight is 347 g/mol. The summed E-state index contributed by atoms with van der Waals surface area (Å²) in [6.07, 6.45) is 1.67. The van der Waals surface area contributed by atoms with E-state index in [1.165, 1.54) is 0 Å². The molecule has 4 N–H and O–H groups in total. The third-order valence-electron chi connectivity index (χ3n) is 4.16. The summed E-state index contributed by atoms with van der Waals surface area (Å²) in [5, 5.41) is 7.49. The van der Waals surface area contributed by atoms with Gasteiger partial charge in [0.1, 0.15) is 11.7 Å². The van der Waals surface area contributed by atoms with Crippen molar-refractivity contribution < 1.29 is 4.79 Å². The molecule has 6 heteroatoms. The standard InChI is InChI=1S/C20H21N5O/c1-13-11-17(14(2)24-13)20(26)25(18-5-3-4-10-23-18)12-15-6-8-16(9-7-15)19(21)22/h3-11,24H,12H2,1-2H3,(H3,21,22). The second kappa shape index (κ2) is 7.23. The Bertz CT molecular complexity index is 929. The van der Waals surface area contributed by atoms with Crippen molar-refractivity contribution in [2.75, 3.05) is 4.90 Å². The first-order valence-electron chi connectivity index (χ1n) is 8.28. The highest BCUT2D eigenvalue weighted by Crippen LogP contribution is 2.20. The van der Waals surface area contributed by atoms with Gasteiger partial charge in [0.15, 0.2) is 0 Å². The number of nitrogens with two attached hydrogens (primary N) is 1. The Morgan fingerprint density at radius 1 is 1.19 bits per heavy atom. The molecule has 0 saturated heterocycles. The van der Waals surface area contributed by atoms with Crippen LogP contribution in [0.5, 0.6) is 0 Å².